The van der Waals surface area contributed by atoms with Crippen molar-refractivity contribution >= 4 is 11.6 Å². The van der Waals surface area contributed by atoms with Crippen LogP contribution >= 0.6 is 0 Å². The minimum absolute atomic E-state index is 0.253. The molecule has 0 bridgehead atoms. The van der Waals surface area contributed by atoms with Crippen LogP contribution in [0.3, 0.4) is 0 Å². The molecule has 3 aromatic rings. The first-order chi connectivity index (χ1) is 9.33. The highest BCUT2D eigenvalue weighted by Crippen LogP contribution is 2.20. The fourth-order valence-corrected chi connectivity index (χ4v) is 1.63. The molecule has 1 amide bonds. The van der Waals surface area contributed by atoms with Crippen LogP contribution in [0, 0.1) is 0 Å². The summed E-state index contributed by atoms with van der Waals surface area (Å²) in [5.41, 5.74) is 1.35. The van der Waals surface area contributed by atoms with E-state index in [1.807, 2.05) is 6.07 Å². The summed E-state index contributed by atoms with van der Waals surface area (Å²) in [5.74, 6) is 0.338. The van der Waals surface area contributed by atoms with Gasteiger partial charge in [-0.05, 0) is 30.3 Å². The van der Waals surface area contributed by atoms with Crippen molar-refractivity contribution in [1.29, 1.82) is 0 Å². The molecule has 0 aliphatic rings. The number of benzene rings is 1. The molecule has 2 heterocycles. The monoisotopic (exact) mass is 255 g/mol. The lowest BCUT2D eigenvalue weighted by Crippen LogP contribution is -2.10. The Morgan fingerprint density at radius 3 is 2.84 bits per heavy atom. The lowest BCUT2D eigenvalue weighted by atomic mass is 10.2. The van der Waals surface area contributed by atoms with Crippen LogP contribution in [0.5, 0.6) is 0 Å². The molecule has 0 aliphatic carbocycles. The van der Waals surface area contributed by atoms with Gasteiger partial charge in [0.1, 0.15) is 0 Å². The van der Waals surface area contributed by atoms with Gasteiger partial charge in [-0.25, -0.2) is 0 Å². The maximum Gasteiger partial charge on any atom is 0.291 e. The van der Waals surface area contributed by atoms with Crippen LogP contribution in [0.15, 0.2) is 57.9 Å². The van der Waals surface area contributed by atoms with E-state index < -0.39 is 0 Å². The summed E-state index contributed by atoms with van der Waals surface area (Å²) >= 11 is 0. The second-order valence-electron chi connectivity index (χ2n) is 3.76. The lowest BCUT2D eigenvalue weighted by molar-refractivity contribution is 0.0996. The predicted octanol–water partition coefficient (Wildman–Crippen LogP) is 2.58. The molecule has 1 aromatic carbocycles. The molecule has 6 heteroatoms. The quantitative estimate of drug-likeness (QED) is 0.777. The standard InChI is InChI=1S/C13H9N3O3/c17-12(11-5-2-6-18-11)15-10-4-1-3-9(7-10)13-16-14-8-19-13/h1-8H,(H,15,17). The van der Waals surface area contributed by atoms with Crippen molar-refractivity contribution in [1.82, 2.24) is 10.2 Å². The van der Waals surface area contributed by atoms with Crippen LogP contribution in [-0.4, -0.2) is 16.1 Å². The second-order valence-corrected chi connectivity index (χ2v) is 3.76. The Bertz CT molecular complexity index is 675. The van der Waals surface area contributed by atoms with Crippen molar-refractivity contribution in [2.24, 2.45) is 0 Å². The average Bonchev–Trinajstić information content (AvgIpc) is 3.13. The fourth-order valence-electron chi connectivity index (χ4n) is 1.63. The number of carbonyl (C=O) groups excluding carboxylic acids is 1. The van der Waals surface area contributed by atoms with Crippen LogP contribution < -0.4 is 5.32 Å². The molecule has 2 aromatic heterocycles. The van der Waals surface area contributed by atoms with Gasteiger partial charge in [-0.15, -0.1) is 10.2 Å². The number of rotatable bonds is 3. The smallest absolute Gasteiger partial charge is 0.291 e. The van der Waals surface area contributed by atoms with E-state index in [4.69, 9.17) is 8.83 Å². The van der Waals surface area contributed by atoms with Gasteiger partial charge >= 0.3 is 0 Å². The van der Waals surface area contributed by atoms with Crippen molar-refractivity contribution in [3.8, 4) is 11.5 Å². The van der Waals surface area contributed by atoms with Gasteiger partial charge in [-0.2, -0.15) is 0 Å². The average molecular weight is 255 g/mol. The Balaban J connectivity index is 1.82. The molecule has 19 heavy (non-hydrogen) atoms. The number of nitrogens with one attached hydrogen (secondary N) is 1. The summed E-state index contributed by atoms with van der Waals surface area (Å²) in [4.78, 5) is 11.8. The number of nitrogens with zero attached hydrogens (tertiary/aromatic N) is 2. The van der Waals surface area contributed by atoms with Crippen molar-refractivity contribution in [2.45, 2.75) is 0 Å². The molecule has 0 fully saturated rings. The van der Waals surface area contributed by atoms with E-state index in [0.717, 1.165) is 5.56 Å². The first kappa shape index (κ1) is 11.2. The SMILES string of the molecule is O=C(Nc1cccc(-c2nnco2)c1)c1ccco1. The summed E-state index contributed by atoms with van der Waals surface area (Å²) in [5, 5.41) is 10.1. The largest absolute Gasteiger partial charge is 0.459 e. The van der Waals surface area contributed by atoms with Crippen LogP contribution in [0.25, 0.3) is 11.5 Å². The molecule has 1 N–H and O–H groups in total. The highest BCUT2D eigenvalue weighted by Gasteiger charge is 2.10. The minimum Gasteiger partial charge on any atom is -0.459 e. The zero-order valence-electron chi connectivity index (χ0n) is 9.74. The maximum absolute atomic E-state index is 11.8. The highest BCUT2D eigenvalue weighted by molar-refractivity contribution is 6.02. The van der Waals surface area contributed by atoms with Crippen LogP contribution in [0.4, 0.5) is 5.69 Å². The van der Waals surface area contributed by atoms with Crippen molar-refractivity contribution in [2.75, 3.05) is 5.32 Å². The molecule has 0 radical (unpaired) electrons. The Morgan fingerprint density at radius 2 is 2.11 bits per heavy atom. The normalized spacial score (nSPS) is 10.3. The van der Waals surface area contributed by atoms with Crippen molar-refractivity contribution < 1.29 is 13.6 Å². The molecule has 3 rings (SSSR count). The van der Waals surface area contributed by atoms with Crippen LogP contribution in [0.2, 0.25) is 0 Å². The summed E-state index contributed by atoms with van der Waals surface area (Å²) in [7, 11) is 0. The zero-order valence-corrected chi connectivity index (χ0v) is 9.74. The third kappa shape index (κ3) is 2.37. The number of furan rings is 1. The molecule has 6 nitrogen and oxygen atoms in total. The van der Waals surface area contributed by atoms with E-state index in [2.05, 4.69) is 15.5 Å². The van der Waals surface area contributed by atoms with Crippen molar-refractivity contribution in [3.05, 3.63) is 54.8 Å². The van der Waals surface area contributed by atoms with E-state index in [1.54, 1.807) is 30.3 Å². The molecule has 94 valence electrons. The van der Waals surface area contributed by atoms with Gasteiger partial charge in [-0.1, -0.05) is 6.07 Å². The minimum atomic E-state index is -0.312. The Hall–Kier alpha value is -2.89. The summed E-state index contributed by atoms with van der Waals surface area (Å²) < 4.78 is 10.1. The first-order valence-electron chi connectivity index (χ1n) is 5.54. The topological polar surface area (TPSA) is 81.2 Å². The number of carbonyl (C=O) groups is 1. The lowest BCUT2D eigenvalue weighted by Gasteiger charge is -2.04. The number of hydrogen-bond donors (Lipinski definition) is 1. The molecular formula is C13H9N3O3. The summed E-state index contributed by atoms with van der Waals surface area (Å²) in [6.45, 7) is 0. The second kappa shape index (κ2) is 4.77. The summed E-state index contributed by atoms with van der Waals surface area (Å²) in [6, 6.07) is 10.4. The third-order valence-corrected chi connectivity index (χ3v) is 2.47. The molecular weight excluding hydrogens is 246 g/mol. The van der Waals surface area contributed by atoms with Gasteiger partial charge in [-0.3, -0.25) is 4.79 Å². The predicted molar refractivity (Wildman–Crippen MR) is 66.4 cm³/mol. The Morgan fingerprint density at radius 1 is 1.16 bits per heavy atom. The van der Waals surface area contributed by atoms with E-state index in [0.29, 0.717) is 11.6 Å². The van der Waals surface area contributed by atoms with E-state index in [9.17, 15) is 4.79 Å². The highest BCUT2D eigenvalue weighted by atomic mass is 16.4. The van der Waals surface area contributed by atoms with E-state index in [1.165, 1.54) is 12.7 Å². The Labute approximate surface area is 108 Å². The number of amides is 1. The van der Waals surface area contributed by atoms with Gasteiger partial charge in [0.2, 0.25) is 12.3 Å². The van der Waals surface area contributed by atoms with Gasteiger partial charge in [0.25, 0.3) is 5.91 Å². The number of hydrogen-bond acceptors (Lipinski definition) is 5. The fraction of sp³-hybridized carbons (Fsp3) is 0. The Kier molecular flexibility index (Phi) is 2.82. The molecule has 0 aliphatic heterocycles. The van der Waals surface area contributed by atoms with Crippen LogP contribution in [0.1, 0.15) is 10.6 Å². The van der Waals surface area contributed by atoms with Gasteiger partial charge < -0.3 is 14.2 Å². The molecule has 0 saturated carbocycles. The van der Waals surface area contributed by atoms with E-state index >= 15 is 0 Å². The number of anilines is 1. The van der Waals surface area contributed by atoms with Crippen LogP contribution in [-0.2, 0) is 0 Å². The van der Waals surface area contributed by atoms with E-state index in [-0.39, 0.29) is 11.7 Å². The van der Waals surface area contributed by atoms with Gasteiger partial charge in [0.15, 0.2) is 5.76 Å². The zero-order chi connectivity index (χ0) is 13.1. The van der Waals surface area contributed by atoms with Gasteiger partial charge in [0, 0.05) is 11.3 Å². The molecule has 0 saturated heterocycles. The molecule has 0 atom stereocenters. The van der Waals surface area contributed by atoms with Crippen molar-refractivity contribution in [3.63, 3.8) is 0 Å². The third-order valence-electron chi connectivity index (χ3n) is 2.47. The first-order valence-corrected chi connectivity index (χ1v) is 5.54. The molecule has 0 unspecified atom stereocenters. The summed E-state index contributed by atoms with van der Waals surface area (Å²) in [6.07, 6.45) is 2.70. The number of aromatic nitrogens is 2. The van der Waals surface area contributed by atoms with Gasteiger partial charge in [0.05, 0.1) is 6.26 Å². The molecule has 0 spiro atoms. The maximum atomic E-state index is 11.8.